The van der Waals surface area contributed by atoms with E-state index in [2.05, 4.69) is 66.5 Å². The van der Waals surface area contributed by atoms with Crippen LogP contribution < -0.4 is 15.0 Å². The lowest BCUT2D eigenvalue weighted by Gasteiger charge is -2.38. The van der Waals surface area contributed by atoms with Crippen LogP contribution in [0.2, 0.25) is 5.02 Å². The number of carbonyl (C=O) groups excluding carboxylic acids is 1. The fourth-order valence-corrected chi connectivity index (χ4v) is 6.37. The molecule has 2 aliphatic rings. The first kappa shape index (κ1) is 28.1. The van der Waals surface area contributed by atoms with Crippen molar-refractivity contribution in [3.05, 3.63) is 142 Å². The number of carbonyl (C=O) groups is 1. The zero-order valence-electron chi connectivity index (χ0n) is 25.0. The van der Waals surface area contributed by atoms with Crippen LogP contribution in [0.3, 0.4) is 0 Å². The zero-order chi connectivity index (χ0) is 30.4. The molecule has 0 amide bonds. The molecule has 0 saturated heterocycles. The third kappa shape index (κ3) is 4.68. The molecule has 7 rings (SSSR count). The number of hydrogen-bond acceptors (Lipinski definition) is 5. The number of anilines is 4. The van der Waals surface area contributed by atoms with E-state index in [0.29, 0.717) is 22.1 Å². The van der Waals surface area contributed by atoms with Crippen LogP contribution in [0, 0.1) is 13.8 Å². The van der Waals surface area contributed by atoms with E-state index >= 15 is 0 Å². The van der Waals surface area contributed by atoms with Crippen LogP contribution in [0.5, 0.6) is 11.5 Å². The number of halogens is 1. The molecule has 0 fully saturated rings. The second kappa shape index (κ2) is 11.1. The molecule has 5 aromatic rings. The number of nitrogens with one attached hydrogen (secondary N) is 1. The van der Waals surface area contributed by atoms with Crippen LogP contribution in [0.1, 0.15) is 57.9 Å². The molecule has 1 atom stereocenters. The van der Waals surface area contributed by atoms with Gasteiger partial charge in [-0.2, -0.15) is 0 Å². The van der Waals surface area contributed by atoms with Crippen LogP contribution in [0.4, 0.5) is 22.7 Å². The van der Waals surface area contributed by atoms with Gasteiger partial charge in [0, 0.05) is 57.1 Å². The van der Waals surface area contributed by atoms with Gasteiger partial charge < -0.3 is 19.7 Å². The lowest BCUT2D eigenvalue weighted by molar-refractivity contribution is 0.0224. The first-order valence-corrected chi connectivity index (χ1v) is 15.4. The number of aryl methyl sites for hydroxylation is 2. The van der Waals surface area contributed by atoms with E-state index in [9.17, 15) is 4.79 Å². The Bertz CT molecular complexity index is 1880. The molecule has 0 aliphatic carbocycles. The summed E-state index contributed by atoms with van der Waals surface area (Å²) in [5, 5.41) is 4.19. The Labute approximate surface area is 263 Å². The molecular weight excluding hydrogens is 568 g/mol. The quantitative estimate of drug-likeness (QED) is 0.188. The standard InChI is InChI=1S/C38H33ClN2O3/c1-4-5-20-41(28-16-10-24(2)11-17-28)29-18-19-32-36(22-29)43-35-21-25(3)34(40-27-14-12-26(39)13-15-27)23-33(35)38(32)31-9-7-6-8-30(31)37(42)44-38/h6-19,21-23,40H,4-5,20H2,1-3H3. The molecule has 2 heterocycles. The molecule has 5 nitrogen and oxygen atoms in total. The Morgan fingerprint density at radius 3 is 2.30 bits per heavy atom. The number of unbranched alkanes of at least 4 members (excludes halogenated alkanes) is 1. The predicted octanol–water partition coefficient (Wildman–Crippen LogP) is 10.2. The van der Waals surface area contributed by atoms with Crippen molar-refractivity contribution in [3.8, 4) is 11.5 Å². The van der Waals surface area contributed by atoms with Crippen molar-refractivity contribution in [2.75, 3.05) is 16.8 Å². The molecule has 5 aromatic carbocycles. The number of hydrogen-bond donors (Lipinski definition) is 1. The van der Waals surface area contributed by atoms with Gasteiger partial charge in [-0.25, -0.2) is 4.79 Å². The molecule has 2 aliphatic heterocycles. The molecule has 1 N–H and O–H groups in total. The number of esters is 1. The zero-order valence-corrected chi connectivity index (χ0v) is 25.7. The summed E-state index contributed by atoms with van der Waals surface area (Å²) in [7, 11) is 0. The van der Waals surface area contributed by atoms with Gasteiger partial charge in [0.25, 0.3) is 0 Å². The molecule has 0 aromatic heterocycles. The average molecular weight is 601 g/mol. The second-order valence-corrected chi connectivity index (χ2v) is 12.0. The summed E-state index contributed by atoms with van der Waals surface area (Å²) < 4.78 is 13.2. The van der Waals surface area contributed by atoms with Crippen molar-refractivity contribution in [1.29, 1.82) is 0 Å². The van der Waals surface area contributed by atoms with Crippen molar-refractivity contribution in [2.45, 2.75) is 39.2 Å². The average Bonchev–Trinajstić information content (AvgIpc) is 3.32. The number of nitrogens with zero attached hydrogens (tertiary/aromatic N) is 1. The van der Waals surface area contributed by atoms with Crippen LogP contribution in [-0.2, 0) is 10.3 Å². The predicted molar refractivity (Wildman–Crippen MR) is 177 cm³/mol. The van der Waals surface area contributed by atoms with Gasteiger partial charge in [-0.1, -0.05) is 60.8 Å². The molecule has 44 heavy (non-hydrogen) atoms. The third-order valence-electron chi connectivity index (χ3n) is 8.56. The van der Waals surface area contributed by atoms with E-state index in [1.807, 2.05) is 67.6 Å². The highest BCUT2D eigenvalue weighted by Gasteiger charge is 2.53. The molecule has 1 spiro atoms. The largest absolute Gasteiger partial charge is 0.456 e. The minimum atomic E-state index is -1.16. The van der Waals surface area contributed by atoms with Gasteiger partial charge in [0.05, 0.1) is 5.56 Å². The summed E-state index contributed by atoms with van der Waals surface area (Å²) in [6.07, 6.45) is 2.13. The maximum atomic E-state index is 13.4. The molecule has 0 saturated carbocycles. The van der Waals surface area contributed by atoms with Crippen LogP contribution >= 0.6 is 11.6 Å². The molecule has 0 bridgehead atoms. The number of fused-ring (bicyclic) bond motifs is 6. The first-order valence-electron chi connectivity index (χ1n) is 15.0. The van der Waals surface area contributed by atoms with Gasteiger partial charge in [-0.3, -0.25) is 0 Å². The van der Waals surface area contributed by atoms with E-state index in [0.717, 1.165) is 64.4 Å². The van der Waals surface area contributed by atoms with Crippen LogP contribution in [-0.4, -0.2) is 12.5 Å². The molecule has 1 unspecified atom stereocenters. The lowest BCUT2D eigenvalue weighted by Crippen LogP contribution is -2.33. The Balaban J connectivity index is 1.39. The third-order valence-corrected chi connectivity index (χ3v) is 8.81. The number of ether oxygens (including phenoxy) is 2. The topological polar surface area (TPSA) is 50.8 Å². The molecular formula is C38H33ClN2O3. The molecule has 0 radical (unpaired) electrons. The maximum absolute atomic E-state index is 13.4. The first-order chi connectivity index (χ1) is 21.4. The summed E-state index contributed by atoms with van der Waals surface area (Å²) in [5.74, 6) is 0.986. The van der Waals surface area contributed by atoms with Gasteiger partial charge in [-0.15, -0.1) is 0 Å². The Kier molecular flexibility index (Phi) is 7.06. The second-order valence-electron chi connectivity index (χ2n) is 11.5. The van der Waals surface area contributed by atoms with Gasteiger partial charge in [0.2, 0.25) is 0 Å². The fraction of sp³-hybridized carbons (Fsp3) is 0.184. The van der Waals surface area contributed by atoms with E-state index < -0.39 is 5.60 Å². The van der Waals surface area contributed by atoms with E-state index in [1.54, 1.807) is 0 Å². The van der Waals surface area contributed by atoms with Crippen LogP contribution in [0.25, 0.3) is 0 Å². The Morgan fingerprint density at radius 2 is 1.52 bits per heavy atom. The van der Waals surface area contributed by atoms with E-state index in [4.69, 9.17) is 21.1 Å². The van der Waals surface area contributed by atoms with Crippen molar-refractivity contribution >= 4 is 40.3 Å². The fourth-order valence-electron chi connectivity index (χ4n) is 6.25. The monoisotopic (exact) mass is 600 g/mol. The lowest BCUT2D eigenvalue weighted by atomic mass is 9.77. The Hall–Kier alpha value is -4.74. The summed E-state index contributed by atoms with van der Waals surface area (Å²) in [6.45, 7) is 7.22. The Morgan fingerprint density at radius 1 is 0.795 bits per heavy atom. The smallest absolute Gasteiger partial charge is 0.340 e. The highest BCUT2D eigenvalue weighted by molar-refractivity contribution is 6.30. The minimum absolute atomic E-state index is 0.347. The highest BCUT2D eigenvalue weighted by atomic mass is 35.5. The number of rotatable bonds is 7. The minimum Gasteiger partial charge on any atom is -0.456 e. The van der Waals surface area contributed by atoms with Crippen molar-refractivity contribution in [1.82, 2.24) is 0 Å². The SMILES string of the molecule is CCCCN(c1ccc(C)cc1)c1ccc2c(c1)Oc1cc(C)c(Nc3ccc(Cl)cc3)cc1C21OC(=O)c2ccccc21. The highest BCUT2D eigenvalue weighted by Crippen LogP contribution is 2.57. The van der Waals surface area contributed by atoms with Gasteiger partial charge in [0.1, 0.15) is 11.5 Å². The normalized spacial score (nSPS) is 16.0. The van der Waals surface area contributed by atoms with Crippen LogP contribution in [0.15, 0.2) is 103 Å². The van der Waals surface area contributed by atoms with E-state index in [1.165, 1.54) is 5.56 Å². The van der Waals surface area contributed by atoms with Gasteiger partial charge in [0.15, 0.2) is 5.60 Å². The van der Waals surface area contributed by atoms with Gasteiger partial charge in [-0.05, 0) is 92.6 Å². The molecule has 6 heteroatoms. The van der Waals surface area contributed by atoms with Crippen molar-refractivity contribution < 1.29 is 14.3 Å². The van der Waals surface area contributed by atoms with Gasteiger partial charge >= 0.3 is 5.97 Å². The van der Waals surface area contributed by atoms with E-state index in [-0.39, 0.29) is 5.97 Å². The summed E-state index contributed by atoms with van der Waals surface area (Å²) in [4.78, 5) is 15.8. The summed E-state index contributed by atoms with van der Waals surface area (Å²) >= 11 is 6.13. The summed E-state index contributed by atoms with van der Waals surface area (Å²) in [5.41, 5.74) is 7.95. The van der Waals surface area contributed by atoms with Crippen molar-refractivity contribution in [2.24, 2.45) is 0 Å². The molecule has 220 valence electrons. The van der Waals surface area contributed by atoms with Crippen molar-refractivity contribution in [3.63, 3.8) is 0 Å². The number of benzene rings is 5. The summed E-state index contributed by atoms with van der Waals surface area (Å²) in [6, 6.07) is 34.2. The maximum Gasteiger partial charge on any atom is 0.340 e.